The van der Waals surface area contributed by atoms with Gasteiger partial charge in [-0.05, 0) is 48.5 Å². The summed E-state index contributed by atoms with van der Waals surface area (Å²) in [6.45, 7) is 0. The van der Waals surface area contributed by atoms with Gasteiger partial charge in [-0.25, -0.2) is 4.98 Å². The fourth-order valence-corrected chi connectivity index (χ4v) is 8.94. The van der Waals surface area contributed by atoms with Gasteiger partial charge in [0.15, 0.2) is 11.6 Å². The second-order valence-corrected chi connectivity index (χ2v) is 13.9. The van der Waals surface area contributed by atoms with Crippen molar-refractivity contribution in [3.63, 3.8) is 0 Å². The van der Waals surface area contributed by atoms with Crippen LogP contribution >= 0.6 is 11.3 Å². The molecule has 0 aliphatic rings. The first kappa shape index (κ1) is 28.2. The van der Waals surface area contributed by atoms with Crippen LogP contribution < -0.4 is 0 Å². The fraction of sp³-hybridized carbons (Fsp3) is 0. The van der Waals surface area contributed by atoms with Gasteiger partial charge in [0, 0.05) is 58.5 Å². The average Bonchev–Trinajstić information content (AvgIpc) is 3.85. The van der Waals surface area contributed by atoms with Gasteiger partial charge in [-0.1, -0.05) is 115 Å². The van der Waals surface area contributed by atoms with Gasteiger partial charge in [0.25, 0.3) is 0 Å². The van der Waals surface area contributed by atoms with E-state index in [1.54, 1.807) is 11.3 Å². The van der Waals surface area contributed by atoms with Gasteiger partial charge in [-0.15, -0.1) is 11.3 Å². The summed E-state index contributed by atoms with van der Waals surface area (Å²) >= 11 is 1.79. The molecule has 11 rings (SSSR count). The Hall–Kier alpha value is -6.63. The normalized spacial score (nSPS) is 11.9. The van der Waals surface area contributed by atoms with Gasteiger partial charge in [-0.2, -0.15) is 9.97 Å². The SMILES string of the molecule is c1ccc(-c2nc(-c3cccc4c3sc3ccccc34)nc(-n3c4ccccc4c4cc5c(cc43)c3ccccc3n5-c3ccccc3)n2)cc1. The lowest BCUT2D eigenvalue weighted by Crippen LogP contribution is -2.06. The molecule has 0 bridgehead atoms. The second-order valence-electron chi connectivity index (χ2n) is 12.9. The molecule has 6 heteroatoms. The maximum absolute atomic E-state index is 5.33. The van der Waals surface area contributed by atoms with Gasteiger partial charge in [0.05, 0.1) is 22.1 Å². The summed E-state index contributed by atoms with van der Waals surface area (Å²) in [4.78, 5) is 15.7. The van der Waals surface area contributed by atoms with Crippen LogP contribution in [0.15, 0.2) is 164 Å². The first-order valence-electron chi connectivity index (χ1n) is 17.0. The zero-order valence-electron chi connectivity index (χ0n) is 27.2. The van der Waals surface area contributed by atoms with Crippen molar-refractivity contribution < 1.29 is 0 Å². The highest BCUT2D eigenvalue weighted by Crippen LogP contribution is 2.41. The molecule has 11 aromatic rings. The first-order valence-corrected chi connectivity index (χ1v) is 17.9. The summed E-state index contributed by atoms with van der Waals surface area (Å²) in [5.41, 5.74) is 7.52. The van der Waals surface area contributed by atoms with Crippen LogP contribution in [0.25, 0.3) is 98.2 Å². The molecule has 0 amide bonds. The van der Waals surface area contributed by atoms with Gasteiger partial charge < -0.3 is 4.57 Å². The molecule has 0 unspecified atom stereocenters. The van der Waals surface area contributed by atoms with Crippen LogP contribution in [-0.4, -0.2) is 24.1 Å². The number of aromatic nitrogens is 5. The van der Waals surface area contributed by atoms with E-state index in [0.717, 1.165) is 44.1 Å². The van der Waals surface area contributed by atoms with Crippen molar-refractivity contribution in [2.24, 2.45) is 0 Å². The topological polar surface area (TPSA) is 48.5 Å². The molecule has 238 valence electrons. The van der Waals surface area contributed by atoms with Gasteiger partial charge in [-0.3, -0.25) is 4.57 Å². The van der Waals surface area contributed by atoms with E-state index in [0.29, 0.717) is 17.6 Å². The highest BCUT2D eigenvalue weighted by atomic mass is 32.1. The maximum Gasteiger partial charge on any atom is 0.238 e. The Kier molecular flexibility index (Phi) is 6.05. The molecule has 0 aliphatic heterocycles. The van der Waals surface area contributed by atoms with Crippen LogP contribution in [0.3, 0.4) is 0 Å². The van der Waals surface area contributed by atoms with Crippen LogP contribution in [0, 0.1) is 0 Å². The van der Waals surface area contributed by atoms with Crippen LogP contribution in [0.5, 0.6) is 0 Å². The predicted octanol–water partition coefficient (Wildman–Crippen LogP) is 11.8. The number of hydrogen-bond donors (Lipinski definition) is 0. The quantitative estimate of drug-likeness (QED) is 0.187. The summed E-state index contributed by atoms with van der Waals surface area (Å²) in [6, 6.07) is 57.8. The highest BCUT2D eigenvalue weighted by Gasteiger charge is 2.22. The predicted molar refractivity (Wildman–Crippen MR) is 212 cm³/mol. The Morgan fingerprint density at radius 2 is 0.961 bits per heavy atom. The Morgan fingerprint density at radius 3 is 1.71 bits per heavy atom. The fourth-order valence-electron chi connectivity index (χ4n) is 7.73. The smallest absolute Gasteiger partial charge is 0.238 e. The number of thiophene rings is 1. The standard InChI is InChI=1S/C45H27N5S/c1-3-14-28(15-4-1)43-46-44(34-22-13-21-33-32-20-9-12-25-41(32)51-42(33)34)48-45(47-43)50-38-24-11-8-19-31(38)36-26-39-35(27-40(36)50)30-18-7-10-23-37(30)49(39)29-16-5-2-6-17-29/h1-27H. The van der Waals surface area contributed by atoms with Crippen LogP contribution in [0.4, 0.5) is 0 Å². The van der Waals surface area contributed by atoms with E-state index in [-0.39, 0.29) is 0 Å². The van der Waals surface area contributed by atoms with Crippen molar-refractivity contribution in [2.75, 3.05) is 0 Å². The minimum absolute atomic E-state index is 0.592. The molecular weight excluding hydrogens is 643 g/mol. The van der Waals surface area contributed by atoms with Crippen molar-refractivity contribution in [3.8, 4) is 34.4 Å². The second kappa shape index (κ2) is 10.9. The molecule has 0 radical (unpaired) electrons. The Bertz CT molecular complexity index is 3140. The largest absolute Gasteiger partial charge is 0.309 e. The summed E-state index contributed by atoms with van der Waals surface area (Å²) in [7, 11) is 0. The minimum atomic E-state index is 0.592. The Labute approximate surface area is 296 Å². The number of nitrogens with zero attached hydrogens (tertiary/aromatic N) is 5. The van der Waals surface area contributed by atoms with Gasteiger partial charge >= 0.3 is 0 Å². The van der Waals surface area contributed by atoms with Crippen LogP contribution in [0.1, 0.15) is 0 Å². The first-order chi connectivity index (χ1) is 25.3. The third kappa shape index (κ3) is 4.24. The number of hydrogen-bond acceptors (Lipinski definition) is 4. The van der Waals surface area contributed by atoms with E-state index in [4.69, 9.17) is 15.0 Å². The van der Waals surface area contributed by atoms with E-state index in [1.807, 2.05) is 18.2 Å². The molecule has 0 saturated carbocycles. The molecular formula is C45H27N5S. The number of rotatable bonds is 4. The molecule has 0 N–H and O–H groups in total. The van der Waals surface area contributed by atoms with Crippen molar-refractivity contribution >= 4 is 75.1 Å². The summed E-state index contributed by atoms with van der Waals surface area (Å²) in [5, 5.41) is 7.14. The Balaban J connectivity index is 1.24. The van der Waals surface area contributed by atoms with Crippen molar-refractivity contribution in [1.82, 2.24) is 24.1 Å². The van der Waals surface area contributed by atoms with E-state index in [1.165, 1.54) is 36.5 Å². The molecule has 0 saturated heterocycles. The summed E-state index contributed by atoms with van der Waals surface area (Å²) in [6.07, 6.45) is 0. The molecule has 0 spiro atoms. The average molecular weight is 670 g/mol. The molecule has 4 aromatic heterocycles. The lowest BCUT2D eigenvalue weighted by molar-refractivity contribution is 0.955. The lowest BCUT2D eigenvalue weighted by Gasteiger charge is -2.11. The van der Waals surface area contributed by atoms with Crippen LogP contribution in [-0.2, 0) is 0 Å². The zero-order valence-corrected chi connectivity index (χ0v) is 28.0. The van der Waals surface area contributed by atoms with Crippen LogP contribution in [0.2, 0.25) is 0 Å². The van der Waals surface area contributed by atoms with Gasteiger partial charge in [0.1, 0.15) is 0 Å². The van der Waals surface area contributed by atoms with E-state index in [9.17, 15) is 0 Å². The summed E-state index contributed by atoms with van der Waals surface area (Å²) < 4.78 is 7.02. The third-order valence-corrected chi connectivity index (χ3v) is 11.2. The third-order valence-electron chi connectivity index (χ3n) is 9.98. The van der Waals surface area contributed by atoms with E-state index in [2.05, 4.69) is 155 Å². The lowest BCUT2D eigenvalue weighted by atomic mass is 10.1. The van der Waals surface area contributed by atoms with Crippen molar-refractivity contribution in [3.05, 3.63) is 164 Å². The molecule has 0 atom stereocenters. The molecule has 0 aliphatic carbocycles. The molecule has 51 heavy (non-hydrogen) atoms. The van der Waals surface area contributed by atoms with Gasteiger partial charge in [0.2, 0.25) is 5.95 Å². The molecule has 4 heterocycles. The van der Waals surface area contributed by atoms with Crippen molar-refractivity contribution in [2.45, 2.75) is 0 Å². The van der Waals surface area contributed by atoms with Crippen molar-refractivity contribution in [1.29, 1.82) is 0 Å². The monoisotopic (exact) mass is 669 g/mol. The number of para-hydroxylation sites is 3. The highest BCUT2D eigenvalue weighted by molar-refractivity contribution is 7.26. The van der Waals surface area contributed by atoms with E-state index < -0.39 is 0 Å². The molecule has 0 fully saturated rings. The zero-order chi connectivity index (χ0) is 33.5. The summed E-state index contributed by atoms with van der Waals surface area (Å²) in [5.74, 6) is 1.89. The number of fused-ring (bicyclic) bond motifs is 9. The Morgan fingerprint density at radius 1 is 0.392 bits per heavy atom. The van der Waals surface area contributed by atoms with E-state index >= 15 is 0 Å². The molecule has 7 aromatic carbocycles. The maximum atomic E-state index is 5.33. The molecule has 5 nitrogen and oxygen atoms in total. The number of benzene rings is 7. The minimum Gasteiger partial charge on any atom is -0.309 e.